The molecule has 2 aromatic rings. The molecule has 0 spiro atoms. The average Bonchev–Trinajstić information content (AvgIpc) is 2.92. The largest absolute Gasteiger partial charge is 0.493 e. The highest BCUT2D eigenvalue weighted by Gasteiger charge is 2.35. The van der Waals surface area contributed by atoms with E-state index in [-0.39, 0.29) is 35.6 Å². The quantitative estimate of drug-likeness (QED) is 0.198. The number of nitrogens with zero attached hydrogens (tertiary/aromatic N) is 1. The molecule has 0 amide bonds. The van der Waals surface area contributed by atoms with Crippen LogP contribution in [-0.2, 0) is 19.1 Å². The van der Waals surface area contributed by atoms with Gasteiger partial charge in [-0.1, -0.05) is 44.4 Å². The molecule has 3 rings (SSSR count). The molecule has 9 heteroatoms. The van der Waals surface area contributed by atoms with Gasteiger partial charge in [-0.15, -0.1) is 0 Å². The first kappa shape index (κ1) is 28.9. The Bertz CT molecular complexity index is 1070. The summed E-state index contributed by atoms with van der Waals surface area (Å²) in [5, 5.41) is 0. The topological polar surface area (TPSA) is 110 Å². The number of rotatable bonds is 13. The normalized spacial score (nSPS) is 16.0. The highest BCUT2D eigenvalue weighted by Crippen LogP contribution is 2.33. The summed E-state index contributed by atoms with van der Waals surface area (Å²) in [7, 11) is 1.42. The van der Waals surface area contributed by atoms with Gasteiger partial charge in [0.05, 0.1) is 13.0 Å². The minimum absolute atomic E-state index is 0.0132. The molecule has 0 N–H and O–H groups in total. The van der Waals surface area contributed by atoms with Crippen LogP contribution in [0.3, 0.4) is 0 Å². The minimum Gasteiger partial charge on any atom is -0.493 e. The van der Waals surface area contributed by atoms with Crippen molar-refractivity contribution in [1.82, 2.24) is 4.98 Å². The Morgan fingerprint density at radius 1 is 1.03 bits per heavy atom. The number of benzene rings is 1. The third-order valence-electron chi connectivity index (χ3n) is 6.61. The van der Waals surface area contributed by atoms with E-state index >= 15 is 0 Å². The summed E-state index contributed by atoms with van der Waals surface area (Å²) >= 11 is 0. The predicted octanol–water partition coefficient (Wildman–Crippen LogP) is 5.16. The molecule has 1 aromatic heterocycles. The lowest BCUT2D eigenvalue weighted by Crippen LogP contribution is -2.41. The lowest BCUT2D eigenvalue weighted by molar-refractivity contribution is -0.163. The first-order valence-corrected chi connectivity index (χ1v) is 13.0. The molecule has 1 saturated carbocycles. The van der Waals surface area contributed by atoms with E-state index in [0.29, 0.717) is 5.75 Å². The van der Waals surface area contributed by atoms with E-state index in [4.69, 9.17) is 23.7 Å². The summed E-state index contributed by atoms with van der Waals surface area (Å²) in [6.07, 6.45) is 5.75. The molecule has 1 heterocycles. The van der Waals surface area contributed by atoms with E-state index in [2.05, 4.69) is 4.98 Å². The Hall–Kier alpha value is -3.62. The maximum absolute atomic E-state index is 13.2. The number of Topliss-reactive ketones (excluding diaryl/α,β-unsaturated/α-hetero) is 1. The van der Waals surface area contributed by atoms with Crippen molar-refractivity contribution in [3.05, 3.63) is 48.3 Å². The number of pyridine rings is 1. The molecule has 0 bridgehead atoms. The Kier molecular flexibility index (Phi) is 10.9. The van der Waals surface area contributed by atoms with Gasteiger partial charge in [-0.25, -0.2) is 4.98 Å². The number of ether oxygens (including phenoxy) is 5. The van der Waals surface area contributed by atoms with Crippen molar-refractivity contribution in [3.8, 4) is 17.2 Å². The standard InChI is InChI=1S/C29H37NO8/c1-19(17-24(32)26-28(36-18-35-21(3)31)25(34-4)15-16-30-26)29(33)38-27(22-11-7-5-8-12-22)20(2)37-23-13-9-6-10-14-23/h6,9-10,13-16,19-20,22,27H,5,7-8,11-12,17-18H2,1-4H3/t19-,20+,27-/m1/s1. The van der Waals surface area contributed by atoms with Crippen LogP contribution in [0.2, 0.25) is 0 Å². The van der Waals surface area contributed by atoms with Gasteiger partial charge in [-0.2, -0.15) is 0 Å². The highest BCUT2D eigenvalue weighted by atomic mass is 16.7. The van der Waals surface area contributed by atoms with Crippen molar-refractivity contribution in [1.29, 1.82) is 0 Å². The second-order valence-electron chi connectivity index (χ2n) is 9.55. The van der Waals surface area contributed by atoms with Crippen LogP contribution in [0, 0.1) is 11.8 Å². The lowest BCUT2D eigenvalue weighted by Gasteiger charge is -2.34. The van der Waals surface area contributed by atoms with Crippen molar-refractivity contribution in [2.45, 2.75) is 71.5 Å². The fourth-order valence-electron chi connectivity index (χ4n) is 4.63. The Morgan fingerprint density at radius 2 is 1.74 bits per heavy atom. The third kappa shape index (κ3) is 8.19. The fourth-order valence-corrected chi connectivity index (χ4v) is 4.63. The van der Waals surface area contributed by atoms with E-state index in [9.17, 15) is 14.4 Å². The molecule has 38 heavy (non-hydrogen) atoms. The van der Waals surface area contributed by atoms with Crippen LogP contribution in [0.4, 0.5) is 0 Å². The molecule has 9 nitrogen and oxygen atoms in total. The number of ketones is 1. The molecular formula is C29H37NO8. The zero-order chi connectivity index (χ0) is 27.5. The van der Waals surface area contributed by atoms with Gasteiger partial charge in [-0.3, -0.25) is 14.4 Å². The maximum Gasteiger partial charge on any atom is 0.309 e. The Morgan fingerprint density at radius 3 is 2.39 bits per heavy atom. The SMILES string of the molecule is COc1ccnc(C(=O)C[C@@H](C)C(=O)O[C@@H](C2CCCCC2)[C@H](C)Oc2ccccc2)c1OCOC(C)=O. The zero-order valence-electron chi connectivity index (χ0n) is 22.5. The summed E-state index contributed by atoms with van der Waals surface area (Å²) < 4.78 is 27.8. The van der Waals surface area contributed by atoms with Gasteiger partial charge in [-0.05, 0) is 37.8 Å². The maximum atomic E-state index is 13.2. The molecule has 1 aliphatic carbocycles. The molecular weight excluding hydrogens is 490 g/mol. The van der Waals surface area contributed by atoms with Gasteiger partial charge in [0.25, 0.3) is 0 Å². The van der Waals surface area contributed by atoms with E-state index < -0.39 is 36.5 Å². The monoisotopic (exact) mass is 527 g/mol. The van der Waals surface area contributed by atoms with Crippen LogP contribution in [0.15, 0.2) is 42.6 Å². The second kappa shape index (κ2) is 14.4. The number of esters is 2. The number of para-hydroxylation sites is 1. The summed E-state index contributed by atoms with van der Waals surface area (Å²) in [5.74, 6) is -0.943. The molecule has 0 radical (unpaired) electrons. The summed E-state index contributed by atoms with van der Waals surface area (Å²) in [5.41, 5.74) is -0.0132. The van der Waals surface area contributed by atoms with E-state index in [1.54, 1.807) is 6.92 Å². The number of aromatic nitrogens is 1. The average molecular weight is 528 g/mol. The van der Waals surface area contributed by atoms with Crippen LogP contribution in [-0.4, -0.2) is 48.8 Å². The molecule has 0 aliphatic heterocycles. The first-order chi connectivity index (χ1) is 18.3. The Balaban J connectivity index is 1.70. The lowest BCUT2D eigenvalue weighted by atomic mass is 9.83. The number of methoxy groups -OCH3 is 1. The van der Waals surface area contributed by atoms with Gasteiger partial charge in [0.1, 0.15) is 18.0 Å². The summed E-state index contributed by atoms with van der Waals surface area (Å²) in [6.45, 7) is 4.41. The molecule has 3 atom stereocenters. The minimum atomic E-state index is -0.730. The Labute approximate surface area is 223 Å². The number of carbonyl (C=O) groups excluding carboxylic acids is 3. The van der Waals surface area contributed by atoms with E-state index in [0.717, 1.165) is 25.7 Å². The summed E-state index contributed by atoms with van der Waals surface area (Å²) in [6, 6.07) is 11.0. The predicted molar refractivity (Wildman–Crippen MR) is 139 cm³/mol. The highest BCUT2D eigenvalue weighted by molar-refractivity contribution is 5.99. The van der Waals surface area contributed by atoms with Crippen molar-refractivity contribution < 1.29 is 38.1 Å². The van der Waals surface area contributed by atoms with Crippen LogP contribution in [0.5, 0.6) is 17.2 Å². The summed E-state index contributed by atoms with van der Waals surface area (Å²) in [4.78, 5) is 41.6. The van der Waals surface area contributed by atoms with E-state index in [1.807, 2.05) is 37.3 Å². The van der Waals surface area contributed by atoms with Gasteiger partial charge in [0.15, 0.2) is 23.0 Å². The van der Waals surface area contributed by atoms with Gasteiger partial charge in [0.2, 0.25) is 6.79 Å². The molecule has 1 aliphatic rings. The molecule has 0 unspecified atom stereocenters. The van der Waals surface area contributed by atoms with Gasteiger partial charge >= 0.3 is 11.9 Å². The third-order valence-corrected chi connectivity index (χ3v) is 6.61. The molecule has 0 saturated heterocycles. The van der Waals surface area contributed by atoms with Crippen LogP contribution in [0.25, 0.3) is 0 Å². The second-order valence-corrected chi connectivity index (χ2v) is 9.55. The van der Waals surface area contributed by atoms with Crippen LogP contribution in [0.1, 0.15) is 69.8 Å². The molecule has 206 valence electrons. The van der Waals surface area contributed by atoms with Crippen molar-refractivity contribution >= 4 is 17.7 Å². The smallest absolute Gasteiger partial charge is 0.309 e. The number of hydrogen-bond acceptors (Lipinski definition) is 9. The zero-order valence-corrected chi connectivity index (χ0v) is 22.5. The number of carbonyl (C=O) groups is 3. The fraction of sp³-hybridized carbons (Fsp3) is 0.517. The first-order valence-electron chi connectivity index (χ1n) is 13.0. The van der Waals surface area contributed by atoms with Gasteiger partial charge in [0, 0.05) is 25.6 Å². The van der Waals surface area contributed by atoms with Crippen molar-refractivity contribution in [2.24, 2.45) is 11.8 Å². The van der Waals surface area contributed by atoms with Crippen LogP contribution >= 0.6 is 0 Å². The number of hydrogen-bond donors (Lipinski definition) is 0. The van der Waals surface area contributed by atoms with Gasteiger partial charge < -0.3 is 23.7 Å². The van der Waals surface area contributed by atoms with Crippen molar-refractivity contribution in [2.75, 3.05) is 13.9 Å². The molecule has 1 fully saturated rings. The molecule has 1 aromatic carbocycles. The van der Waals surface area contributed by atoms with Crippen LogP contribution < -0.4 is 14.2 Å². The van der Waals surface area contributed by atoms with E-state index in [1.165, 1.54) is 32.7 Å². The van der Waals surface area contributed by atoms with Crippen molar-refractivity contribution in [3.63, 3.8) is 0 Å².